The molecule has 0 bridgehead atoms. The normalized spacial score (nSPS) is 32.4. The Kier molecular flexibility index (Phi) is 3.19. The van der Waals surface area contributed by atoms with Gasteiger partial charge in [-0.1, -0.05) is 46.0 Å². The zero-order chi connectivity index (χ0) is 10.0. The van der Waals surface area contributed by atoms with Crippen LogP contribution < -0.4 is 0 Å². The quantitative estimate of drug-likeness (QED) is 0.563. The molecule has 0 N–H and O–H groups in total. The molecule has 0 nitrogen and oxygen atoms in total. The third kappa shape index (κ3) is 2.15. The van der Waals surface area contributed by atoms with Crippen molar-refractivity contribution in [3.63, 3.8) is 0 Å². The van der Waals surface area contributed by atoms with Crippen molar-refractivity contribution in [1.82, 2.24) is 0 Å². The second kappa shape index (κ2) is 4.24. The Morgan fingerprint density at radius 2 is 1.50 bits per heavy atom. The summed E-state index contributed by atoms with van der Waals surface area (Å²) in [7, 11) is 0. The molecule has 0 heterocycles. The molecule has 0 saturated heterocycles. The second-order valence-corrected chi connectivity index (χ2v) is 6.16. The fourth-order valence-corrected chi connectivity index (χ4v) is 3.81. The zero-order valence-electron chi connectivity index (χ0n) is 10.0. The highest BCUT2D eigenvalue weighted by Gasteiger charge is 2.37. The van der Waals surface area contributed by atoms with Crippen LogP contribution in [0, 0.1) is 17.3 Å². The first-order valence-corrected chi connectivity index (χ1v) is 6.72. The summed E-state index contributed by atoms with van der Waals surface area (Å²) in [5.74, 6) is 1.96. The van der Waals surface area contributed by atoms with E-state index < -0.39 is 0 Å². The van der Waals surface area contributed by atoms with E-state index in [-0.39, 0.29) is 0 Å². The minimum absolute atomic E-state index is 0.811. The first-order valence-electron chi connectivity index (χ1n) is 6.72. The van der Waals surface area contributed by atoms with Crippen LogP contribution in [-0.4, -0.2) is 0 Å². The lowest BCUT2D eigenvalue weighted by Crippen LogP contribution is -2.21. The van der Waals surface area contributed by atoms with E-state index in [4.69, 9.17) is 0 Å². The average Bonchev–Trinajstić information content (AvgIpc) is 2.47. The lowest BCUT2D eigenvalue weighted by molar-refractivity contribution is 0.190. The molecule has 82 valence electrons. The van der Waals surface area contributed by atoms with Crippen LogP contribution in [0.1, 0.15) is 71.6 Å². The second-order valence-electron chi connectivity index (χ2n) is 6.16. The van der Waals surface area contributed by atoms with Crippen LogP contribution in [0.3, 0.4) is 0 Å². The maximum absolute atomic E-state index is 2.43. The zero-order valence-corrected chi connectivity index (χ0v) is 10.0. The van der Waals surface area contributed by atoms with Crippen LogP contribution in [0.4, 0.5) is 0 Å². The van der Waals surface area contributed by atoms with Gasteiger partial charge in [0, 0.05) is 0 Å². The Morgan fingerprint density at radius 3 is 2.07 bits per heavy atom. The molecule has 2 rings (SSSR count). The van der Waals surface area contributed by atoms with Crippen LogP contribution in [0.15, 0.2) is 0 Å². The highest BCUT2D eigenvalue weighted by Crippen LogP contribution is 2.50. The SMILES string of the molecule is CC(C)C1CCCCC2(CCCC2)C1. The van der Waals surface area contributed by atoms with E-state index in [9.17, 15) is 0 Å². The van der Waals surface area contributed by atoms with Gasteiger partial charge in [0.1, 0.15) is 0 Å². The smallest absolute Gasteiger partial charge is 0.0295 e. The summed E-state index contributed by atoms with van der Waals surface area (Å²) in [6.45, 7) is 4.86. The summed E-state index contributed by atoms with van der Waals surface area (Å²) in [6.07, 6.45) is 13.8. The maximum Gasteiger partial charge on any atom is -0.0295 e. The minimum atomic E-state index is 0.811. The molecule has 14 heavy (non-hydrogen) atoms. The first kappa shape index (κ1) is 10.5. The molecule has 0 aromatic heterocycles. The number of rotatable bonds is 1. The van der Waals surface area contributed by atoms with Crippen molar-refractivity contribution >= 4 is 0 Å². The molecule has 0 heteroatoms. The van der Waals surface area contributed by atoms with E-state index in [1.807, 2.05) is 0 Å². The predicted octanol–water partition coefficient (Wildman–Crippen LogP) is 4.78. The molecule has 0 aromatic carbocycles. The summed E-state index contributed by atoms with van der Waals surface area (Å²) in [5.41, 5.74) is 0.811. The van der Waals surface area contributed by atoms with E-state index in [0.29, 0.717) is 0 Å². The van der Waals surface area contributed by atoms with Gasteiger partial charge in [-0.05, 0) is 42.9 Å². The molecule has 2 saturated carbocycles. The van der Waals surface area contributed by atoms with Crippen LogP contribution >= 0.6 is 0 Å². The molecular formula is C14H26. The van der Waals surface area contributed by atoms with Gasteiger partial charge in [0.25, 0.3) is 0 Å². The predicted molar refractivity (Wildman–Crippen MR) is 62.3 cm³/mol. The van der Waals surface area contributed by atoms with Gasteiger partial charge in [0.15, 0.2) is 0 Å². The van der Waals surface area contributed by atoms with Crippen LogP contribution in [0.25, 0.3) is 0 Å². The van der Waals surface area contributed by atoms with Gasteiger partial charge in [0.05, 0.1) is 0 Å². The fourth-order valence-electron chi connectivity index (χ4n) is 3.81. The van der Waals surface area contributed by atoms with Crippen molar-refractivity contribution in [2.45, 2.75) is 71.6 Å². The molecular weight excluding hydrogens is 168 g/mol. The Labute approximate surface area is 89.5 Å². The Balaban J connectivity index is 2.03. The Hall–Kier alpha value is 0. The Morgan fingerprint density at radius 1 is 0.929 bits per heavy atom. The first-order chi connectivity index (χ1) is 6.72. The molecule has 2 aliphatic rings. The summed E-state index contributed by atoms with van der Waals surface area (Å²) in [4.78, 5) is 0. The summed E-state index contributed by atoms with van der Waals surface area (Å²) < 4.78 is 0. The number of hydrogen-bond donors (Lipinski definition) is 0. The lowest BCUT2D eigenvalue weighted by atomic mass is 9.73. The molecule has 1 spiro atoms. The van der Waals surface area contributed by atoms with Gasteiger partial charge >= 0.3 is 0 Å². The van der Waals surface area contributed by atoms with E-state index >= 15 is 0 Å². The van der Waals surface area contributed by atoms with Crippen molar-refractivity contribution in [3.8, 4) is 0 Å². The number of hydrogen-bond acceptors (Lipinski definition) is 0. The summed E-state index contributed by atoms with van der Waals surface area (Å²) in [5, 5.41) is 0. The molecule has 1 atom stereocenters. The average molecular weight is 194 g/mol. The van der Waals surface area contributed by atoms with Gasteiger partial charge in [-0.15, -0.1) is 0 Å². The van der Waals surface area contributed by atoms with Crippen molar-refractivity contribution in [1.29, 1.82) is 0 Å². The van der Waals surface area contributed by atoms with Gasteiger partial charge < -0.3 is 0 Å². The third-order valence-corrected chi connectivity index (χ3v) is 4.83. The van der Waals surface area contributed by atoms with Crippen molar-refractivity contribution < 1.29 is 0 Å². The molecule has 0 aliphatic heterocycles. The fraction of sp³-hybridized carbons (Fsp3) is 1.00. The molecule has 2 aliphatic carbocycles. The van der Waals surface area contributed by atoms with Gasteiger partial charge in [0.2, 0.25) is 0 Å². The van der Waals surface area contributed by atoms with E-state index in [0.717, 1.165) is 17.3 Å². The molecule has 0 aromatic rings. The minimum Gasteiger partial charge on any atom is -0.0625 e. The molecule has 0 amide bonds. The van der Waals surface area contributed by atoms with Crippen molar-refractivity contribution in [3.05, 3.63) is 0 Å². The van der Waals surface area contributed by atoms with Gasteiger partial charge in [-0.3, -0.25) is 0 Å². The monoisotopic (exact) mass is 194 g/mol. The van der Waals surface area contributed by atoms with Gasteiger partial charge in [-0.25, -0.2) is 0 Å². The van der Waals surface area contributed by atoms with Crippen LogP contribution in [0.2, 0.25) is 0 Å². The molecule has 1 unspecified atom stereocenters. The highest BCUT2D eigenvalue weighted by atomic mass is 14.4. The molecule has 2 fully saturated rings. The van der Waals surface area contributed by atoms with Crippen LogP contribution in [0.5, 0.6) is 0 Å². The van der Waals surface area contributed by atoms with E-state index in [1.165, 1.54) is 32.1 Å². The summed E-state index contributed by atoms with van der Waals surface area (Å²) >= 11 is 0. The van der Waals surface area contributed by atoms with Crippen LogP contribution in [-0.2, 0) is 0 Å². The molecule has 0 radical (unpaired) electrons. The summed E-state index contributed by atoms with van der Waals surface area (Å²) in [6, 6.07) is 0. The standard InChI is InChI=1S/C14H26/c1-12(2)13-7-3-4-8-14(11-13)9-5-6-10-14/h12-13H,3-11H2,1-2H3. The van der Waals surface area contributed by atoms with Gasteiger partial charge in [-0.2, -0.15) is 0 Å². The third-order valence-electron chi connectivity index (χ3n) is 4.83. The van der Waals surface area contributed by atoms with E-state index in [1.54, 1.807) is 25.7 Å². The van der Waals surface area contributed by atoms with Crippen molar-refractivity contribution in [2.75, 3.05) is 0 Å². The van der Waals surface area contributed by atoms with Crippen molar-refractivity contribution in [2.24, 2.45) is 17.3 Å². The van der Waals surface area contributed by atoms with E-state index in [2.05, 4.69) is 13.8 Å². The topological polar surface area (TPSA) is 0 Å². The lowest BCUT2D eigenvalue weighted by Gasteiger charge is -2.32. The largest absolute Gasteiger partial charge is 0.0625 e. The maximum atomic E-state index is 2.43. The Bertz CT molecular complexity index is 174. The highest BCUT2D eigenvalue weighted by molar-refractivity contribution is 4.89.